The van der Waals surface area contributed by atoms with Gasteiger partial charge in [0, 0.05) is 25.2 Å². The minimum atomic E-state index is -3.02. The molecule has 11 nitrogen and oxygen atoms in total. The van der Waals surface area contributed by atoms with Gasteiger partial charge in [0.05, 0.1) is 25.4 Å². The van der Waals surface area contributed by atoms with E-state index in [1.54, 1.807) is 6.92 Å². The second-order valence-corrected chi connectivity index (χ2v) is 9.68. The molecule has 2 fully saturated rings. The van der Waals surface area contributed by atoms with Crippen molar-refractivity contribution in [1.29, 1.82) is 0 Å². The van der Waals surface area contributed by atoms with Gasteiger partial charge in [-0.05, 0) is 56.7 Å². The molecule has 0 spiro atoms. The summed E-state index contributed by atoms with van der Waals surface area (Å²) in [5.41, 5.74) is 5.13. The number of oxazole rings is 1. The van der Waals surface area contributed by atoms with Crippen LogP contribution in [0.25, 0.3) is 11.5 Å². The maximum Gasteiger partial charge on any atom is 0.409 e. The monoisotopic (exact) mass is 538 g/mol. The van der Waals surface area contributed by atoms with E-state index in [4.69, 9.17) is 19.6 Å². The van der Waals surface area contributed by atoms with Crippen LogP contribution in [0.5, 0.6) is 11.5 Å². The van der Waals surface area contributed by atoms with Crippen LogP contribution in [0.15, 0.2) is 22.6 Å². The zero-order chi connectivity index (χ0) is 27.4. The molecule has 0 radical (unpaired) electrons. The number of hydrogen-bond acceptors (Lipinski definition) is 9. The van der Waals surface area contributed by atoms with Gasteiger partial charge in [0.1, 0.15) is 0 Å². The van der Waals surface area contributed by atoms with E-state index < -0.39 is 30.3 Å². The Bertz CT molecular complexity index is 1140. The first-order valence-corrected chi connectivity index (χ1v) is 12.4. The number of methoxy groups -OCH3 is 1. The van der Waals surface area contributed by atoms with Gasteiger partial charge in [-0.15, -0.1) is 0 Å². The summed E-state index contributed by atoms with van der Waals surface area (Å²) in [6, 6.07) is 3.58. The summed E-state index contributed by atoms with van der Waals surface area (Å²) in [6.07, 6.45) is 2.06. The van der Waals surface area contributed by atoms with E-state index in [1.807, 2.05) is 0 Å². The molecule has 1 aliphatic carbocycles. The average Bonchev–Trinajstić information content (AvgIpc) is 3.61. The van der Waals surface area contributed by atoms with Crippen molar-refractivity contribution in [1.82, 2.24) is 15.2 Å². The van der Waals surface area contributed by atoms with Crippen LogP contribution in [-0.4, -0.2) is 72.6 Å². The van der Waals surface area contributed by atoms with Gasteiger partial charge in [0.15, 0.2) is 23.0 Å². The van der Waals surface area contributed by atoms with Gasteiger partial charge in [0.25, 0.3) is 5.91 Å². The summed E-state index contributed by atoms with van der Waals surface area (Å²) >= 11 is 0. The van der Waals surface area contributed by atoms with Crippen molar-refractivity contribution >= 4 is 12.0 Å². The molecule has 13 heteroatoms. The Hall–Kier alpha value is -3.45. The van der Waals surface area contributed by atoms with Crippen LogP contribution in [0.4, 0.5) is 13.6 Å². The minimum Gasteiger partial charge on any atom is -0.489 e. The highest BCUT2D eigenvalue weighted by atomic mass is 19.3. The molecule has 4 N–H and O–H groups in total. The standard InChI is InChI=1S/C25H32F2N4O7/c1-14(28)20-19(21(32)29-13-25(34)7-9-31(10-8-25)24(33)35-2)30-22(38-20)16-5-6-17(37-23(26)27)18(11-16)36-12-15-3-4-15/h5-6,11,14-15,23,34H,3-4,7-10,12-13,28H2,1-2H3,(H,29,32)/t14-/m0/s1. The van der Waals surface area contributed by atoms with Crippen LogP contribution < -0.4 is 20.5 Å². The molecule has 2 amide bonds. The third-order valence-corrected chi connectivity index (χ3v) is 6.57. The number of nitrogens with one attached hydrogen (secondary N) is 1. The molecule has 2 aliphatic rings. The molecule has 1 saturated carbocycles. The lowest BCUT2D eigenvalue weighted by Gasteiger charge is -2.37. The number of piperidine rings is 1. The Balaban J connectivity index is 1.49. The maximum absolute atomic E-state index is 13.0. The number of likely N-dealkylation sites (tertiary alicyclic amines) is 1. The van der Waals surface area contributed by atoms with Crippen molar-refractivity contribution in [2.75, 3.05) is 33.4 Å². The van der Waals surface area contributed by atoms with Crippen LogP contribution in [0, 0.1) is 5.92 Å². The number of nitrogens with zero attached hydrogens (tertiary/aromatic N) is 2. The fraction of sp³-hybridized carbons (Fsp3) is 0.560. The quantitative estimate of drug-likeness (QED) is 0.415. The van der Waals surface area contributed by atoms with Gasteiger partial charge >= 0.3 is 12.7 Å². The molecule has 38 heavy (non-hydrogen) atoms. The Kier molecular flexibility index (Phi) is 8.36. The van der Waals surface area contributed by atoms with Gasteiger partial charge in [0.2, 0.25) is 5.89 Å². The number of halogens is 2. The number of hydrogen-bond donors (Lipinski definition) is 3. The summed E-state index contributed by atoms with van der Waals surface area (Å²) in [5, 5.41) is 13.6. The van der Waals surface area contributed by atoms with Crippen molar-refractivity contribution in [2.45, 2.75) is 50.9 Å². The number of carbonyl (C=O) groups is 2. The molecule has 1 aromatic heterocycles. The first-order chi connectivity index (χ1) is 18.1. The molecular weight excluding hydrogens is 506 g/mol. The lowest BCUT2D eigenvalue weighted by Crippen LogP contribution is -2.52. The number of nitrogens with two attached hydrogens (primary N) is 1. The number of amides is 2. The normalized spacial score (nSPS) is 17.7. The van der Waals surface area contributed by atoms with E-state index in [-0.39, 0.29) is 61.3 Å². The number of rotatable bonds is 10. The molecule has 2 heterocycles. The van der Waals surface area contributed by atoms with E-state index in [1.165, 1.54) is 30.2 Å². The summed E-state index contributed by atoms with van der Waals surface area (Å²) in [7, 11) is 1.29. The Labute approximate surface area is 218 Å². The lowest BCUT2D eigenvalue weighted by molar-refractivity contribution is -0.0515. The molecule has 1 saturated heterocycles. The predicted octanol–water partition coefficient (Wildman–Crippen LogP) is 3.07. The number of alkyl halides is 2. The minimum absolute atomic E-state index is 0.0485. The maximum atomic E-state index is 13.0. The van der Waals surface area contributed by atoms with E-state index >= 15 is 0 Å². The van der Waals surface area contributed by atoms with Gasteiger partial charge in [-0.3, -0.25) is 4.79 Å². The first-order valence-electron chi connectivity index (χ1n) is 12.4. The van der Waals surface area contributed by atoms with Crippen molar-refractivity contribution in [3.8, 4) is 23.0 Å². The van der Waals surface area contributed by atoms with Gasteiger partial charge in [-0.2, -0.15) is 8.78 Å². The number of aliphatic hydroxyl groups is 1. The number of benzene rings is 1. The van der Waals surface area contributed by atoms with Crippen molar-refractivity contribution < 1.29 is 42.1 Å². The molecule has 1 aromatic carbocycles. The molecule has 1 aliphatic heterocycles. The number of aromatic nitrogens is 1. The van der Waals surface area contributed by atoms with Gasteiger partial charge in [-0.1, -0.05) is 0 Å². The summed E-state index contributed by atoms with van der Waals surface area (Å²) in [6.45, 7) is -0.522. The fourth-order valence-electron chi connectivity index (χ4n) is 4.11. The first kappa shape index (κ1) is 27.6. The summed E-state index contributed by atoms with van der Waals surface area (Å²) in [4.78, 5) is 30.5. The SMILES string of the molecule is COC(=O)N1CCC(O)(CNC(=O)c2nc(-c3ccc(OC(F)F)c(OCC4CC4)c3)oc2[C@H](C)N)CC1. The largest absolute Gasteiger partial charge is 0.489 e. The van der Waals surface area contributed by atoms with Crippen LogP contribution in [0.3, 0.4) is 0 Å². The highest BCUT2D eigenvalue weighted by Gasteiger charge is 2.35. The van der Waals surface area contributed by atoms with Gasteiger partial charge < -0.3 is 39.7 Å². The lowest BCUT2D eigenvalue weighted by atomic mass is 9.91. The van der Waals surface area contributed by atoms with Crippen LogP contribution >= 0.6 is 0 Å². The third kappa shape index (κ3) is 6.70. The molecular formula is C25H32F2N4O7. The van der Waals surface area contributed by atoms with E-state index in [0.717, 1.165) is 12.8 Å². The average molecular weight is 539 g/mol. The van der Waals surface area contributed by atoms with Crippen molar-refractivity contribution in [2.24, 2.45) is 11.7 Å². The zero-order valence-electron chi connectivity index (χ0n) is 21.2. The molecule has 208 valence electrons. The summed E-state index contributed by atoms with van der Waals surface area (Å²) in [5.74, 6) is -0.0540. The number of carbonyl (C=O) groups excluding carboxylic acids is 2. The predicted molar refractivity (Wildman–Crippen MR) is 130 cm³/mol. The van der Waals surface area contributed by atoms with E-state index in [9.17, 15) is 23.5 Å². The molecule has 0 bridgehead atoms. The highest BCUT2D eigenvalue weighted by molar-refractivity contribution is 5.94. The van der Waals surface area contributed by atoms with Gasteiger partial charge in [-0.25, -0.2) is 9.78 Å². The molecule has 4 rings (SSSR count). The third-order valence-electron chi connectivity index (χ3n) is 6.57. The Morgan fingerprint density at radius 1 is 1.29 bits per heavy atom. The Morgan fingerprint density at radius 2 is 2.00 bits per heavy atom. The van der Waals surface area contributed by atoms with Crippen LogP contribution in [-0.2, 0) is 4.74 Å². The second-order valence-electron chi connectivity index (χ2n) is 9.68. The molecule has 1 atom stereocenters. The molecule has 0 unspecified atom stereocenters. The second kappa shape index (κ2) is 11.5. The Morgan fingerprint density at radius 3 is 2.61 bits per heavy atom. The zero-order valence-corrected chi connectivity index (χ0v) is 21.2. The van der Waals surface area contributed by atoms with E-state index in [2.05, 4.69) is 15.0 Å². The summed E-state index contributed by atoms with van der Waals surface area (Å²) < 4.78 is 46.5. The van der Waals surface area contributed by atoms with Crippen molar-refractivity contribution in [3.63, 3.8) is 0 Å². The smallest absolute Gasteiger partial charge is 0.409 e. The topological polar surface area (TPSA) is 149 Å². The van der Waals surface area contributed by atoms with E-state index in [0.29, 0.717) is 18.1 Å². The number of ether oxygens (including phenoxy) is 3. The molecule has 2 aromatic rings. The van der Waals surface area contributed by atoms with Crippen LogP contribution in [0.2, 0.25) is 0 Å². The highest BCUT2D eigenvalue weighted by Crippen LogP contribution is 2.37. The van der Waals surface area contributed by atoms with Crippen molar-refractivity contribution in [3.05, 3.63) is 29.7 Å². The fourth-order valence-corrected chi connectivity index (χ4v) is 4.11. The van der Waals surface area contributed by atoms with Crippen LogP contribution in [0.1, 0.15) is 54.9 Å².